The number of benzene rings is 1. The Balaban J connectivity index is 0. The van der Waals surface area contributed by atoms with Crippen molar-refractivity contribution in [2.45, 2.75) is 24.7 Å². The zero-order chi connectivity index (χ0) is 12.8. The number of carboxylic acids is 1. The second-order valence-electron chi connectivity index (χ2n) is 3.49. The van der Waals surface area contributed by atoms with E-state index < -0.39 is 17.0 Å². The Labute approximate surface area is 159 Å². The molecule has 0 saturated heterocycles. The van der Waals surface area contributed by atoms with Gasteiger partial charge in [-0.1, -0.05) is 0 Å². The van der Waals surface area contributed by atoms with Crippen LogP contribution >= 0.6 is 0 Å². The van der Waals surface area contributed by atoms with Crippen molar-refractivity contribution >= 4 is 17.0 Å². The zero-order valence-electron chi connectivity index (χ0n) is 11.3. The van der Waals surface area contributed by atoms with E-state index in [9.17, 15) is 18.7 Å². The van der Waals surface area contributed by atoms with Gasteiger partial charge in [-0.3, -0.25) is 4.21 Å². The number of carbonyl (C=O) groups excluding carboxylic acids is 1. The van der Waals surface area contributed by atoms with Gasteiger partial charge in [-0.05, 0) is 54.6 Å². The van der Waals surface area contributed by atoms with Crippen LogP contribution < -0.4 is 69.0 Å². The first-order chi connectivity index (χ1) is 8.00. The van der Waals surface area contributed by atoms with Gasteiger partial charge in [0.25, 0.3) is 0 Å². The first-order valence-corrected chi connectivity index (χ1v) is 6.11. The summed E-state index contributed by atoms with van der Waals surface area (Å²) in [6.45, 7) is 1.99. The van der Waals surface area contributed by atoms with E-state index in [0.717, 1.165) is 0 Å². The second-order valence-corrected chi connectivity index (χ2v) is 4.43. The van der Waals surface area contributed by atoms with Gasteiger partial charge in [0, 0.05) is 10.9 Å². The van der Waals surface area contributed by atoms with Crippen molar-refractivity contribution in [2.75, 3.05) is 6.61 Å². The van der Waals surface area contributed by atoms with E-state index in [1.165, 1.54) is 12.1 Å². The molecule has 0 aliphatic rings. The zero-order valence-corrected chi connectivity index (χ0v) is 16.1. The van der Waals surface area contributed by atoms with Crippen LogP contribution in [-0.2, 0) is 15.9 Å². The molecule has 0 aliphatic heterocycles. The molecule has 94 valence electrons. The van der Waals surface area contributed by atoms with Crippen molar-refractivity contribution in [3.63, 3.8) is 0 Å². The molecule has 0 N–H and O–H groups in total. The fourth-order valence-corrected chi connectivity index (χ4v) is 1.74. The van der Waals surface area contributed by atoms with E-state index in [0.29, 0.717) is 17.7 Å². The fourth-order valence-electron chi connectivity index (χ4n) is 1.29. The number of aryl methyl sites for hydroxylation is 1. The molecular weight excluding hydrogens is 290 g/mol. The maximum Gasteiger partial charge on any atom is 1.00 e. The molecule has 1 aromatic rings. The molecule has 0 aliphatic carbocycles. The molecule has 0 spiro atoms. The maximum atomic E-state index is 10.7. The van der Waals surface area contributed by atoms with Gasteiger partial charge in [0.2, 0.25) is 0 Å². The number of ether oxygens (including phenoxy) is 1. The number of hydrogen-bond donors (Lipinski definition) is 0. The third-order valence-electron chi connectivity index (χ3n) is 2.12. The first kappa shape index (κ1) is 21.9. The van der Waals surface area contributed by atoms with Gasteiger partial charge >= 0.3 is 59.1 Å². The minimum atomic E-state index is -2.25. The maximum absolute atomic E-state index is 10.7. The van der Waals surface area contributed by atoms with Gasteiger partial charge in [0.05, 0.1) is 6.61 Å². The Hall–Kier alpha value is 0.600. The molecular formula is C11H12Na2O5S. The summed E-state index contributed by atoms with van der Waals surface area (Å²) >= 11 is -2.25. The molecule has 0 heterocycles. The fraction of sp³-hybridized carbons (Fsp3) is 0.364. The van der Waals surface area contributed by atoms with Crippen LogP contribution in [0.1, 0.15) is 18.4 Å². The Morgan fingerprint density at radius 3 is 2.47 bits per heavy atom. The van der Waals surface area contributed by atoms with Crippen molar-refractivity contribution in [1.29, 1.82) is 0 Å². The van der Waals surface area contributed by atoms with Gasteiger partial charge in [0.15, 0.2) is 0 Å². The molecule has 0 radical (unpaired) electrons. The van der Waals surface area contributed by atoms with Crippen LogP contribution in [0.25, 0.3) is 0 Å². The predicted molar refractivity (Wildman–Crippen MR) is 58.1 cm³/mol. The van der Waals surface area contributed by atoms with E-state index in [1.807, 2.05) is 0 Å². The molecule has 0 aromatic heterocycles. The van der Waals surface area contributed by atoms with Crippen LogP contribution in [0.15, 0.2) is 23.1 Å². The average Bonchev–Trinajstić information content (AvgIpc) is 2.25. The van der Waals surface area contributed by atoms with E-state index >= 15 is 0 Å². The molecule has 8 heteroatoms. The summed E-state index contributed by atoms with van der Waals surface area (Å²) in [6.07, 6.45) is 0.304. The molecule has 5 nitrogen and oxygen atoms in total. The Morgan fingerprint density at radius 2 is 2.00 bits per heavy atom. The van der Waals surface area contributed by atoms with Crippen LogP contribution in [0.2, 0.25) is 0 Å². The van der Waals surface area contributed by atoms with E-state index in [-0.39, 0.29) is 77.0 Å². The van der Waals surface area contributed by atoms with Crippen LogP contribution in [0, 0.1) is 6.92 Å². The van der Waals surface area contributed by atoms with Crippen LogP contribution in [0.5, 0.6) is 5.75 Å². The summed E-state index contributed by atoms with van der Waals surface area (Å²) in [7, 11) is 0. The minimum Gasteiger partial charge on any atom is -0.768 e. The molecule has 0 bridgehead atoms. The van der Waals surface area contributed by atoms with Gasteiger partial charge in [-0.2, -0.15) is 0 Å². The van der Waals surface area contributed by atoms with Crippen molar-refractivity contribution in [1.82, 2.24) is 0 Å². The molecule has 0 saturated carbocycles. The standard InChI is InChI=1S/C11H14O5S.2Na/c1-8-7-9(17(14)15)4-5-10(8)16-6-2-3-11(12)13;;/h4-5,7H,2-3,6H2,1H3,(H,12,13)(H,14,15);;/q;2*+1/p-2. The monoisotopic (exact) mass is 302 g/mol. The summed E-state index contributed by atoms with van der Waals surface area (Å²) in [5.41, 5.74) is 0.695. The van der Waals surface area contributed by atoms with E-state index in [4.69, 9.17) is 4.74 Å². The summed E-state index contributed by atoms with van der Waals surface area (Å²) in [6, 6.07) is 4.49. The first-order valence-electron chi connectivity index (χ1n) is 5.03. The topological polar surface area (TPSA) is 89.5 Å². The smallest absolute Gasteiger partial charge is 0.768 e. The third-order valence-corrected chi connectivity index (χ3v) is 2.76. The average molecular weight is 302 g/mol. The summed E-state index contributed by atoms with van der Waals surface area (Å²) in [5.74, 6) is -0.556. The molecule has 0 fully saturated rings. The number of aliphatic carboxylic acids is 1. The predicted octanol–water partition coefficient (Wildman–Crippen LogP) is -5.85. The van der Waals surface area contributed by atoms with Crippen molar-refractivity contribution in [3.8, 4) is 5.75 Å². The van der Waals surface area contributed by atoms with Gasteiger partial charge < -0.3 is 19.2 Å². The molecule has 0 amide bonds. The molecule has 1 atom stereocenters. The number of hydrogen-bond acceptors (Lipinski definition) is 5. The van der Waals surface area contributed by atoms with Gasteiger partial charge in [0.1, 0.15) is 5.75 Å². The van der Waals surface area contributed by atoms with Crippen molar-refractivity contribution < 1.29 is 82.5 Å². The minimum absolute atomic E-state index is 0. The van der Waals surface area contributed by atoms with Gasteiger partial charge in [-0.15, -0.1) is 0 Å². The Kier molecular flexibility index (Phi) is 13.0. The van der Waals surface area contributed by atoms with Crippen molar-refractivity contribution in [3.05, 3.63) is 23.8 Å². The number of carboxylic acid groups (broad SMARTS) is 1. The van der Waals surface area contributed by atoms with Crippen LogP contribution in [-0.4, -0.2) is 21.3 Å². The largest absolute Gasteiger partial charge is 1.00 e. The third kappa shape index (κ3) is 8.47. The second kappa shape index (κ2) is 11.3. The quantitative estimate of drug-likeness (QED) is 0.297. The molecule has 1 aromatic carbocycles. The summed E-state index contributed by atoms with van der Waals surface area (Å²) in [4.78, 5) is 10.4. The SMILES string of the molecule is Cc1cc(S(=O)[O-])ccc1OCCCC(=O)[O-].[Na+].[Na+]. The number of carbonyl (C=O) groups is 1. The Morgan fingerprint density at radius 1 is 1.37 bits per heavy atom. The molecule has 19 heavy (non-hydrogen) atoms. The van der Waals surface area contributed by atoms with E-state index in [2.05, 4.69) is 0 Å². The number of rotatable bonds is 6. The molecule has 1 rings (SSSR count). The normalized spacial score (nSPS) is 10.8. The summed E-state index contributed by atoms with van der Waals surface area (Å²) in [5, 5.41) is 10.2. The van der Waals surface area contributed by atoms with E-state index in [1.54, 1.807) is 13.0 Å². The molecule has 1 unspecified atom stereocenters. The Bertz CT molecular complexity index is 439. The van der Waals surface area contributed by atoms with Crippen LogP contribution in [0.3, 0.4) is 0 Å². The van der Waals surface area contributed by atoms with Crippen LogP contribution in [0.4, 0.5) is 0 Å². The van der Waals surface area contributed by atoms with Crippen molar-refractivity contribution in [2.24, 2.45) is 0 Å². The summed E-state index contributed by atoms with van der Waals surface area (Å²) < 4.78 is 26.7. The van der Waals surface area contributed by atoms with Gasteiger partial charge in [-0.25, -0.2) is 0 Å².